The number of hydrogen-bond donors (Lipinski definition) is 1. The van der Waals surface area contributed by atoms with Gasteiger partial charge in [-0.3, -0.25) is 0 Å². The third-order valence-corrected chi connectivity index (χ3v) is 2.18. The molecule has 16 heavy (non-hydrogen) atoms. The van der Waals surface area contributed by atoms with E-state index in [0.717, 1.165) is 6.07 Å². The Labute approximate surface area is 92.1 Å². The second-order valence-corrected chi connectivity index (χ2v) is 3.27. The van der Waals surface area contributed by atoms with E-state index in [-0.39, 0.29) is 0 Å². The molecule has 2 N–H and O–H groups in total. The van der Waals surface area contributed by atoms with Crippen LogP contribution in [0.2, 0.25) is 0 Å². The van der Waals surface area contributed by atoms with E-state index >= 15 is 0 Å². The third-order valence-electron chi connectivity index (χ3n) is 2.18. The van der Waals surface area contributed by atoms with Crippen LogP contribution in [0.1, 0.15) is 12.6 Å². The number of halogens is 3. The van der Waals surface area contributed by atoms with Crippen LogP contribution in [0.5, 0.6) is 0 Å². The Balaban J connectivity index is 2.85. The molecule has 1 aromatic heterocycles. The van der Waals surface area contributed by atoms with Gasteiger partial charge in [0.05, 0.1) is 11.9 Å². The van der Waals surface area contributed by atoms with Gasteiger partial charge in [0.1, 0.15) is 5.69 Å². The first kappa shape index (κ1) is 12.8. The van der Waals surface area contributed by atoms with Gasteiger partial charge in [-0.2, -0.15) is 13.2 Å². The Morgan fingerprint density at radius 3 is 2.44 bits per heavy atom. The van der Waals surface area contributed by atoms with Crippen LogP contribution >= 0.6 is 0 Å². The smallest absolute Gasteiger partial charge is 0.369 e. The van der Waals surface area contributed by atoms with Crippen LogP contribution < -0.4 is 10.6 Å². The standard InChI is InChI=1S/C10H14F3N3/c1-2-16(6-5-14)8-3-4-9(15-7-8)10(11,12)13/h3-4,7H,2,5-6,14H2,1H3. The van der Waals surface area contributed by atoms with Crippen LogP contribution in [0.25, 0.3) is 0 Å². The van der Waals surface area contributed by atoms with Gasteiger partial charge in [-0.25, -0.2) is 4.98 Å². The minimum Gasteiger partial charge on any atom is -0.369 e. The molecule has 1 aromatic rings. The molecule has 0 amide bonds. The number of likely N-dealkylation sites (N-methyl/N-ethyl adjacent to an activating group) is 1. The Morgan fingerprint density at radius 1 is 1.38 bits per heavy atom. The van der Waals surface area contributed by atoms with Gasteiger partial charge in [-0.05, 0) is 19.1 Å². The van der Waals surface area contributed by atoms with E-state index in [0.29, 0.717) is 25.3 Å². The Hall–Kier alpha value is -1.30. The van der Waals surface area contributed by atoms with Crippen molar-refractivity contribution in [3.63, 3.8) is 0 Å². The molecule has 0 aromatic carbocycles. The van der Waals surface area contributed by atoms with Crippen LogP contribution in [0.4, 0.5) is 18.9 Å². The van der Waals surface area contributed by atoms with Gasteiger partial charge in [0.25, 0.3) is 0 Å². The summed E-state index contributed by atoms with van der Waals surface area (Å²) in [5.74, 6) is 0. The monoisotopic (exact) mass is 233 g/mol. The quantitative estimate of drug-likeness (QED) is 0.863. The highest BCUT2D eigenvalue weighted by molar-refractivity contribution is 5.44. The maximum atomic E-state index is 12.3. The summed E-state index contributed by atoms with van der Waals surface area (Å²) in [4.78, 5) is 5.26. The van der Waals surface area contributed by atoms with E-state index in [1.54, 1.807) is 0 Å². The summed E-state index contributed by atoms with van der Waals surface area (Å²) in [6, 6.07) is 2.39. The Morgan fingerprint density at radius 2 is 2.06 bits per heavy atom. The summed E-state index contributed by atoms with van der Waals surface area (Å²) in [6.45, 7) is 3.65. The average molecular weight is 233 g/mol. The molecule has 90 valence electrons. The largest absolute Gasteiger partial charge is 0.433 e. The van der Waals surface area contributed by atoms with Crippen LogP contribution in [0.15, 0.2) is 18.3 Å². The van der Waals surface area contributed by atoms with Crippen molar-refractivity contribution in [2.45, 2.75) is 13.1 Å². The van der Waals surface area contributed by atoms with Crippen LogP contribution in [0.3, 0.4) is 0 Å². The van der Waals surface area contributed by atoms with Gasteiger partial charge >= 0.3 is 6.18 Å². The van der Waals surface area contributed by atoms with Crippen molar-refractivity contribution in [1.82, 2.24) is 4.98 Å². The highest BCUT2D eigenvalue weighted by Crippen LogP contribution is 2.28. The molecule has 1 heterocycles. The number of pyridine rings is 1. The van der Waals surface area contributed by atoms with Crippen molar-refractivity contribution in [1.29, 1.82) is 0 Å². The van der Waals surface area contributed by atoms with Crippen molar-refractivity contribution in [2.24, 2.45) is 5.73 Å². The van der Waals surface area contributed by atoms with Crippen molar-refractivity contribution >= 4 is 5.69 Å². The molecule has 0 aliphatic rings. The summed E-state index contributed by atoms with van der Waals surface area (Å²) in [7, 11) is 0. The predicted molar refractivity (Wildman–Crippen MR) is 56.2 cm³/mol. The van der Waals surface area contributed by atoms with Gasteiger partial charge in [-0.15, -0.1) is 0 Å². The van der Waals surface area contributed by atoms with Crippen molar-refractivity contribution < 1.29 is 13.2 Å². The second-order valence-electron chi connectivity index (χ2n) is 3.27. The molecule has 0 atom stereocenters. The fourth-order valence-corrected chi connectivity index (χ4v) is 1.37. The van der Waals surface area contributed by atoms with Crippen molar-refractivity contribution in [2.75, 3.05) is 24.5 Å². The summed E-state index contributed by atoms with van der Waals surface area (Å²) in [5.41, 5.74) is 5.18. The lowest BCUT2D eigenvalue weighted by Crippen LogP contribution is -2.29. The first-order valence-electron chi connectivity index (χ1n) is 4.97. The number of alkyl halides is 3. The molecule has 0 saturated heterocycles. The molecule has 0 fully saturated rings. The summed E-state index contributed by atoms with van der Waals surface area (Å²) >= 11 is 0. The topological polar surface area (TPSA) is 42.1 Å². The summed E-state index contributed by atoms with van der Waals surface area (Å²) < 4.78 is 36.8. The Bertz CT molecular complexity index is 321. The van der Waals surface area contributed by atoms with Crippen molar-refractivity contribution in [3.05, 3.63) is 24.0 Å². The molecule has 0 radical (unpaired) electrons. The molecule has 0 saturated carbocycles. The molecule has 0 unspecified atom stereocenters. The van der Waals surface area contributed by atoms with Gasteiger partial charge in [0.2, 0.25) is 0 Å². The lowest BCUT2D eigenvalue weighted by Gasteiger charge is -2.22. The van der Waals surface area contributed by atoms with Gasteiger partial charge in [0.15, 0.2) is 0 Å². The minimum atomic E-state index is -4.39. The molecule has 1 rings (SSSR count). The summed E-state index contributed by atoms with van der Waals surface area (Å²) in [6.07, 6.45) is -3.16. The molecular weight excluding hydrogens is 219 g/mol. The van der Waals surface area contributed by atoms with Gasteiger partial charge < -0.3 is 10.6 Å². The fourth-order valence-electron chi connectivity index (χ4n) is 1.37. The van der Waals surface area contributed by atoms with Crippen molar-refractivity contribution in [3.8, 4) is 0 Å². The number of aromatic nitrogens is 1. The SMILES string of the molecule is CCN(CCN)c1ccc(C(F)(F)F)nc1. The van der Waals surface area contributed by atoms with E-state index in [1.807, 2.05) is 11.8 Å². The minimum absolute atomic E-state index is 0.453. The lowest BCUT2D eigenvalue weighted by atomic mass is 10.3. The molecule has 6 heteroatoms. The van der Waals surface area contributed by atoms with Crippen LogP contribution in [-0.4, -0.2) is 24.6 Å². The maximum absolute atomic E-state index is 12.3. The first-order chi connectivity index (χ1) is 7.49. The number of anilines is 1. The molecule has 3 nitrogen and oxygen atoms in total. The zero-order valence-corrected chi connectivity index (χ0v) is 8.96. The van der Waals surface area contributed by atoms with E-state index in [4.69, 9.17) is 5.73 Å². The predicted octanol–water partition coefficient (Wildman–Crippen LogP) is 1.89. The van der Waals surface area contributed by atoms with Crippen LogP contribution in [-0.2, 0) is 6.18 Å². The lowest BCUT2D eigenvalue weighted by molar-refractivity contribution is -0.141. The molecule has 0 aliphatic carbocycles. The normalized spacial score (nSPS) is 11.6. The molecule has 0 spiro atoms. The molecule has 0 bridgehead atoms. The van der Waals surface area contributed by atoms with E-state index < -0.39 is 11.9 Å². The highest BCUT2D eigenvalue weighted by Gasteiger charge is 2.32. The second kappa shape index (κ2) is 5.16. The zero-order chi connectivity index (χ0) is 12.2. The Kier molecular flexibility index (Phi) is 4.12. The zero-order valence-electron chi connectivity index (χ0n) is 8.96. The van der Waals surface area contributed by atoms with Gasteiger partial charge in [0, 0.05) is 19.6 Å². The molecular formula is C10H14F3N3. The van der Waals surface area contributed by atoms with E-state index in [1.165, 1.54) is 12.3 Å². The maximum Gasteiger partial charge on any atom is 0.433 e. The average Bonchev–Trinajstić information content (AvgIpc) is 2.25. The van der Waals surface area contributed by atoms with Crippen LogP contribution in [0, 0.1) is 0 Å². The number of hydrogen-bond acceptors (Lipinski definition) is 3. The first-order valence-corrected chi connectivity index (χ1v) is 4.97. The van der Waals surface area contributed by atoms with E-state index in [2.05, 4.69) is 4.98 Å². The van der Waals surface area contributed by atoms with E-state index in [9.17, 15) is 13.2 Å². The summed E-state index contributed by atoms with van der Waals surface area (Å²) in [5, 5.41) is 0. The third kappa shape index (κ3) is 3.10. The number of rotatable bonds is 4. The number of nitrogens with two attached hydrogens (primary N) is 1. The highest BCUT2D eigenvalue weighted by atomic mass is 19.4. The fraction of sp³-hybridized carbons (Fsp3) is 0.500. The number of nitrogens with zero attached hydrogens (tertiary/aromatic N) is 2. The molecule has 0 aliphatic heterocycles. The van der Waals surface area contributed by atoms with Gasteiger partial charge in [-0.1, -0.05) is 0 Å².